The number of nitrogens with zero attached hydrogens (tertiary/aromatic N) is 1. The van der Waals surface area contributed by atoms with Crippen molar-refractivity contribution >= 4 is 17.7 Å². The van der Waals surface area contributed by atoms with E-state index in [9.17, 15) is 4.79 Å². The summed E-state index contributed by atoms with van der Waals surface area (Å²) in [7, 11) is 1.78. The molecule has 5 heteroatoms. The van der Waals surface area contributed by atoms with Crippen LogP contribution in [0.15, 0.2) is 0 Å². The van der Waals surface area contributed by atoms with Crippen LogP contribution in [0.5, 0.6) is 0 Å². The highest BCUT2D eigenvalue weighted by molar-refractivity contribution is 8.00. The van der Waals surface area contributed by atoms with Gasteiger partial charge in [0, 0.05) is 24.9 Å². The summed E-state index contributed by atoms with van der Waals surface area (Å²) in [6.45, 7) is 1.19. The van der Waals surface area contributed by atoms with E-state index in [1.54, 1.807) is 7.11 Å². The van der Waals surface area contributed by atoms with Crippen LogP contribution in [0.3, 0.4) is 0 Å². The smallest absolute Gasteiger partial charge is 0.248 e. The Balaban J connectivity index is 1.52. The lowest BCUT2D eigenvalue weighted by Gasteiger charge is -2.36. The number of amides is 1. The maximum absolute atomic E-state index is 13.0. The molecule has 0 N–H and O–H groups in total. The summed E-state index contributed by atoms with van der Waals surface area (Å²) in [4.78, 5) is 15.2. The highest BCUT2D eigenvalue weighted by Crippen LogP contribution is 2.30. The molecule has 3 unspecified atom stereocenters. The molecule has 1 aliphatic heterocycles. The first kappa shape index (κ1) is 19.5. The number of rotatable bonds is 7. The van der Waals surface area contributed by atoms with E-state index in [0.29, 0.717) is 17.4 Å². The van der Waals surface area contributed by atoms with Crippen molar-refractivity contribution < 1.29 is 14.3 Å². The molecule has 25 heavy (non-hydrogen) atoms. The van der Waals surface area contributed by atoms with Crippen molar-refractivity contribution in [2.24, 2.45) is 0 Å². The summed E-state index contributed by atoms with van der Waals surface area (Å²) < 4.78 is 11.5. The first-order chi connectivity index (χ1) is 12.3. The fourth-order valence-corrected chi connectivity index (χ4v) is 5.86. The van der Waals surface area contributed by atoms with E-state index in [1.807, 2.05) is 0 Å². The maximum Gasteiger partial charge on any atom is 0.248 e. The monoisotopic (exact) mass is 369 g/mol. The molecular formula is C20H35NO3S. The quantitative estimate of drug-likeness (QED) is 0.679. The predicted molar refractivity (Wildman–Crippen MR) is 103 cm³/mol. The molecule has 1 heterocycles. The van der Waals surface area contributed by atoms with Gasteiger partial charge in [-0.1, -0.05) is 19.3 Å². The van der Waals surface area contributed by atoms with E-state index in [4.69, 9.17) is 9.47 Å². The Hall–Kier alpha value is -0.260. The molecule has 1 saturated heterocycles. The van der Waals surface area contributed by atoms with Crippen LogP contribution in [-0.2, 0) is 14.3 Å². The van der Waals surface area contributed by atoms with Crippen molar-refractivity contribution in [3.05, 3.63) is 0 Å². The van der Waals surface area contributed by atoms with E-state index in [2.05, 4.69) is 16.7 Å². The zero-order valence-corrected chi connectivity index (χ0v) is 16.6. The predicted octanol–water partition coefficient (Wildman–Crippen LogP) is 4.02. The van der Waals surface area contributed by atoms with Crippen molar-refractivity contribution in [3.63, 3.8) is 0 Å². The lowest BCUT2D eigenvalue weighted by Crippen LogP contribution is -2.46. The number of hydrogen-bond acceptors (Lipinski definition) is 4. The fourth-order valence-electron chi connectivity index (χ4n) is 4.59. The first-order valence-corrected chi connectivity index (χ1v) is 11.4. The van der Waals surface area contributed by atoms with Crippen molar-refractivity contribution in [2.75, 3.05) is 26.0 Å². The molecule has 3 fully saturated rings. The Bertz CT molecular complexity index is 408. The summed E-state index contributed by atoms with van der Waals surface area (Å²) >= 11 is 2.05. The van der Waals surface area contributed by atoms with Crippen LogP contribution in [0.2, 0.25) is 0 Å². The molecule has 2 aliphatic carbocycles. The first-order valence-electron chi connectivity index (χ1n) is 10.3. The summed E-state index contributed by atoms with van der Waals surface area (Å²) in [6, 6.07) is 0.448. The lowest BCUT2D eigenvalue weighted by molar-refractivity contribution is -0.143. The normalized spacial score (nSPS) is 31.2. The molecule has 0 bridgehead atoms. The molecule has 3 rings (SSSR count). The Morgan fingerprint density at radius 1 is 1.00 bits per heavy atom. The maximum atomic E-state index is 13.0. The molecule has 3 atom stereocenters. The molecule has 0 aromatic carbocycles. The van der Waals surface area contributed by atoms with Gasteiger partial charge in [-0.15, -0.1) is 0 Å². The van der Waals surface area contributed by atoms with Gasteiger partial charge in [0.2, 0.25) is 5.91 Å². The van der Waals surface area contributed by atoms with E-state index < -0.39 is 0 Å². The van der Waals surface area contributed by atoms with Crippen molar-refractivity contribution in [1.82, 2.24) is 4.90 Å². The second-order valence-electron chi connectivity index (χ2n) is 7.93. The number of carbonyl (C=O) groups excluding carboxylic acids is 1. The summed E-state index contributed by atoms with van der Waals surface area (Å²) in [5.41, 5.74) is 0. The Morgan fingerprint density at radius 2 is 1.80 bits per heavy atom. The molecule has 0 aromatic rings. The molecule has 0 radical (unpaired) electrons. The third-order valence-electron chi connectivity index (χ3n) is 6.11. The second-order valence-corrected chi connectivity index (χ2v) is 9.34. The van der Waals surface area contributed by atoms with Crippen LogP contribution >= 0.6 is 11.8 Å². The van der Waals surface area contributed by atoms with Gasteiger partial charge in [0.25, 0.3) is 0 Å². The second kappa shape index (κ2) is 10.2. The minimum Gasteiger partial charge on any atom is -0.381 e. The van der Waals surface area contributed by atoms with Gasteiger partial charge in [0.1, 0.15) is 6.61 Å². The minimum atomic E-state index is 0.191. The van der Waals surface area contributed by atoms with Crippen LogP contribution in [0.4, 0.5) is 0 Å². The zero-order valence-electron chi connectivity index (χ0n) is 15.8. The van der Waals surface area contributed by atoms with Crippen LogP contribution in [0.25, 0.3) is 0 Å². The number of hydrogen-bond donors (Lipinski definition) is 0. The van der Waals surface area contributed by atoms with E-state index in [1.165, 1.54) is 50.7 Å². The Labute approximate surface area is 157 Å². The summed E-state index contributed by atoms with van der Waals surface area (Å²) in [5.74, 6) is 1.48. The highest BCUT2D eigenvalue weighted by Gasteiger charge is 2.30. The van der Waals surface area contributed by atoms with Gasteiger partial charge in [-0.3, -0.25) is 4.79 Å². The van der Waals surface area contributed by atoms with Gasteiger partial charge in [-0.25, -0.2) is 0 Å². The van der Waals surface area contributed by atoms with Gasteiger partial charge in [-0.2, -0.15) is 11.8 Å². The Morgan fingerprint density at radius 3 is 2.52 bits per heavy atom. The van der Waals surface area contributed by atoms with Gasteiger partial charge in [-0.05, 0) is 57.1 Å². The summed E-state index contributed by atoms with van der Waals surface area (Å²) in [6.07, 6.45) is 13.6. The van der Waals surface area contributed by atoms with Crippen LogP contribution in [0.1, 0.15) is 70.6 Å². The minimum absolute atomic E-state index is 0.191. The average molecular weight is 370 g/mol. The van der Waals surface area contributed by atoms with Gasteiger partial charge >= 0.3 is 0 Å². The van der Waals surface area contributed by atoms with E-state index in [-0.39, 0.29) is 18.6 Å². The van der Waals surface area contributed by atoms with Crippen LogP contribution in [0, 0.1) is 0 Å². The zero-order chi connectivity index (χ0) is 17.5. The average Bonchev–Trinajstić information content (AvgIpc) is 3.18. The number of methoxy groups -OCH3 is 1. The third kappa shape index (κ3) is 5.86. The van der Waals surface area contributed by atoms with E-state index >= 15 is 0 Å². The molecule has 2 saturated carbocycles. The third-order valence-corrected chi connectivity index (χ3v) is 7.49. The molecule has 0 spiro atoms. The molecule has 4 nitrogen and oxygen atoms in total. The van der Waals surface area contributed by atoms with Crippen molar-refractivity contribution in [3.8, 4) is 0 Å². The van der Waals surface area contributed by atoms with E-state index in [0.717, 1.165) is 32.2 Å². The highest BCUT2D eigenvalue weighted by atomic mass is 32.2. The van der Waals surface area contributed by atoms with Gasteiger partial charge in [0.15, 0.2) is 0 Å². The number of thioether (sulfide) groups is 1. The van der Waals surface area contributed by atoms with Gasteiger partial charge < -0.3 is 14.4 Å². The fraction of sp³-hybridized carbons (Fsp3) is 0.950. The molecular weight excluding hydrogens is 334 g/mol. The standard InChI is InChI=1S/C20H35NO3S/c1-23-17-9-5-10-18(13-17)24-15-20(22)21(14-19-11-6-12-25-19)16-7-3-2-4-8-16/h16-19H,2-15H2,1H3. The topological polar surface area (TPSA) is 38.8 Å². The molecule has 1 amide bonds. The lowest BCUT2D eigenvalue weighted by atomic mass is 9.93. The molecule has 3 aliphatic rings. The van der Waals surface area contributed by atoms with Crippen molar-refractivity contribution in [2.45, 2.75) is 94.1 Å². The van der Waals surface area contributed by atoms with Crippen molar-refractivity contribution in [1.29, 1.82) is 0 Å². The van der Waals surface area contributed by atoms with Crippen LogP contribution < -0.4 is 0 Å². The SMILES string of the molecule is COC1CCCC(OCC(=O)N(CC2CCCS2)C2CCCCC2)C1. The molecule has 0 aromatic heterocycles. The van der Waals surface area contributed by atoms with Crippen LogP contribution in [-0.4, -0.2) is 60.3 Å². The largest absolute Gasteiger partial charge is 0.381 e. The number of carbonyl (C=O) groups is 1. The Kier molecular flexibility index (Phi) is 7.93. The summed E-state index contributed by atoms with van der Waals surface area (Å²) in [5, 5.41) is 0.637. The van der Waals surface area contributed by atoms with Gasteiger partial charge in [0.05, 0.1) is 12.2 Å². The molecule has 144 valence electrons. The number of ether oxygens (including phenoxy) is 2.